The minimum absolute atomic E-state index is 0.385. The number of hydrogen-bond donors (Lipinski definition) is 1. The third-order valence-corrected chi connectivity index (χ3v) is 4.76. The normalized spacial score (nSPS) is 17.0. The van der Waals surface area contributed by atoms with Crippen LogP contribution >= 0.6 is 0 Å². The molecule has 0 fully saturated rings. The molecule has 0 amide bonds. The summed E-state index contributed by atoms with van der Waals surface area (Å²) in [6.45, 7) is 2.19. The third-order valence-electron chi connectivity index (χ3n) is 4.76. The Labute approximate surface area is 131 Å². The van der Waals surface area contributed by atoms with Crippen LogP contribution in [0.4, 0.5) is 0 Å². The van der Waals surface area contributed by atoms with Gasteiger partial charge in [-0.3, -0.25) is 4.98 Å². The molecule has 1 aromatic heterocycles. The highest BCUT2D eigenvalue weighted by Gasteiger charge is 2.21. The van der Waals surface area contributed by atoms with Gasteiger partial charge in [0.05, 0.1) is 5.56 Å². The minimum atomic E-state index is -0.864. The fourth-order valence-electron chi connectivity index (χ4n) is 3.59. The number of hydrogen-bond acceptors (Lipinski definition) is 2. The summed E-state index contributed by atoms with van der Waals surface area (Å²) in [5.41, 5.74) is 5.58. The average molecular weight is 295 g/mol. The predicted molar refractivity (Wildman–Crippen MR) is 86.4 cm³/mol. The van der Waals surface area contributed by atoms with Crippen molar-refractivity contribution in [2.75, 3.05) is 0 Å². The Morgan fingerprint density at radius 3 is 3.05 bits per heavy atom. The van der Waals surface area contributed by atoms with Crippen LogP contribution in [0, 0.1) is 6.92 Å². The van der Waals surface area contributed by atoms with Crippen molar-refractivity contribution in [1.82, 2.24) is 4.98 Å². The highest BCUT2D eigenvalue weighted by Crippen LogP contribution is 2.36. The van der Waals surface area contributed by atoms with Crippen LogP contribution in [-0.4, -0.2) is 16.1 Å². The molecule has 0 spiro atoms. The molecular weight excluding hydrogens is 274 g/mol. The van der Waals surface area contributed by atoms with Gasteiger partial charge in [0.25, 0.3) is 0 Å². The Morgan fingerprint density at radius 1 is 1.36 bits per heavy atom. The standard InChI is InChI=1S/C19H21NO2/c1-13-4-2-7-17-14(5-3-6-16(13)17)8-9-15-12-20-11-10-18(15)19(21)22/h2,4,7,10-12,14H,3,5-6,8-9H2,1H3,(H,21,22)/t14-/m0/s1. The fourth-order valence-corrected chi connectivity index (χ4v) is 3.59. The lowest BCUT2D eigenvalue weighted by Gasteiger charge is -2.27. The minimum Gasteiger partial charge on any atom is -0.478 e. The molecular formula is C19H21NO2. The second-order valence-electron chi connectivity index (χ2n) is 6.11. The number of nitrogens with zero attached hydrogens (tertiary/aromatic N) is 1. The van der Waals surface area contributed by atoms with Crippen molar-refractivity contribution in [3.63, 3.8) is 0 Å². The summed E-state index contributed by atoms with van der Waals surface area (Å²) in [5, 5.41) is 9.27. The second-order valence-corrected chi connectivity index (χ2v) is 6.11. The van der Waals surface area contributed by atoms with Crippen LogP contribution in [-0.2, 0) is 12.8 Å². The molecule has 1 aromatic carbocycles. The number of benzene rings is 1. The van der Waals surface area contributed by atoms with Gasteiger partial charge < -0.3 is 5.11 Å². The summed E-state index contributed by atoms with van der Waals surface area (Å²) in [7, 11) is 0. The Hall–Kier alpha value is -2.16. The number of rotatable bonds is 4. The number of carboxylic acid groups (broad SMARTS) is 1. The number of pyridine rings is 1. The molecule has 0 radical (unpaired) electrons. The first-order valence-electron chi connectivity index (χ1n) is 7.91. The van der Waals surface area contributed by atoms with Crippen molar-refractivity contribution in [2.45, 2.75) is 44.9 Å². The molecule has 114 valence electrons. The fraction of sp³-hybridized carbons (Fsp3) is 0.368. The first-order chi connectivity index (χ1) is 10.7. The van der Waals surface area contributed by atoms with Crippen molar-refractivity contribution in [1.29, 1.82) is 0 Å². The van der Waals surface area contributed by atoms with Crippen LogP contribution < -0.4 is 0 Å². The zero-order valence-electron chi connectivity index (χ0n) is 12.9. The van der Waals surface area contributed by atoms with Gasteiger partial charge in [0, 0.05) is 12.4 Å². The second kappa shape index (κ2) is 6.30. The Balaban J connectivity index is 1.79. The maximum Gasteiger partial charge on any atom is 0.336 e. The third kappa shape index (κ3) is 2.89. The monoisotopic (exact) mass is 295 g/mol. The number of aromatic carboxylic acids is 1. The number of aromatic nitrogens is 1. The van der Waals surface area contributed by atoms with Gasteiger partial charge in [-0.2, -0.15) is 0 Å². The Kier molecular flexibility index (Phi) is 4.23. The maximum atomic E-state index is 11.3. The van der Waals surface area contributed by atoms with Crippen molar-refractivity contribution in [3.8, 4) is 0 Å². The van der Waals surface area contributed by atoms with Crippen LogP contribution in [0.3, 0.4) is 0 Å². The molecule has 0 saturated heterocycles. The summed E-state index contributed by atoms with van der Waals surface area (Å²) in [5.74, 6) is -0.331. The summed E-state index contributed by atoms with van der Waals surface area (Å²) >= 11 is 0. The molecule has 0 bridgehead atoms. The van der Waals surface area contributed by atoms with Gasteiger partial charge in [-0.15, -0.1) is 0 Å². The van der Waals surface area contributed by atoms with E-state index in [4.69, 9.17) is 0 Å². The summed E-state index contributed by atoms with van der Waals surface area (Å²) in [6.07, 6.45) is 8.60. The van der Waals surface area contributed by atoms with E-state index in [1.54, 1.807) is 18.5 Å². The van der Waals surface area contributed by atoms with E-state index >= 15 is 0 Å². The number of carbonyl (C=O) groups is 1. The molecule has 0 saturated carbocycles. The molecule has 1 N–H and O–H groups in total. The molecule has 2 aromatic rings. The highest BCUT2D eigenvalue weighted by molar-refractivity contribution is 5.89. The van der Waals surface area contributed by atoms with E-state index in [1.165, 1.54) is 36.0 Å². The lowest BCUT2D eigenvalue weighted by molar-refractivity contribution is 0.0695. The molecule has 0 aliphatic heterocycles. The Bertz CT molecular complexity index is 694. The zero-order chi connectivity index (χ0) is 15.5. The smallest absolute Gasteiger partial charge is 0.336 e. The van der Waals surface area contributed by atoms with Crippen LogP contribution in [0.25, 0.3) is 0 Å². The largest absolute Gasteiger partial charge is 0.478 e. The van der Waals surface area contributed by atoms with E-state index in [0.717, 1.165) is 18.4 Å². The van der Waals surface area contributed by atoms with Gasteiger partial charge in [-0.05, 0) is 73.3 Å². The number of fused-ring (bicyclic) bond motifs is 1. The SMILES string of the molecule is Cc1cccc2c1CCC[C@H]2CCc1cnccc1C(=O)O. The molecule has 1 atom stereocenters. The van der Waals surface area contributed by atoms with Gasteiger partial charge in [0.15, 0.2) is 0 Å². The van der Waals surface area contributed by atoms with E-state index < -0.39 is 5.97 Å². The highest BCUT2D eigenvalue weighted by atomic mass is 16.4. The van der Waals surface area contributed by atoms with E-state index in [0.29, 0.717) is 11.5 Å². The van der Waals surface area contributed by atoms with E-state index in [9.17, 15) is 9.90 Å². The van der Waals surface area contributed by atoms with Crippen molar-refractivity contribution in [2.24, 2.45) is 0 Å². The lowest BCUT2D eigenvalue weighted by Crippen LogP contribution is -2.13. The molecule has 22 heavy (non-hydrogen) atoms. The van der Waals surface area contributed by atoms with Gasteiger partial charge in [0.2, 0.25) is 0 Å². The predicted octanol–water partition coefficient (Wildman–Crippen LogP) is 4.14. The summed E-state index contributed by atoms with van der Waals surface area (Å²) in [4.78, 5) is 15.4. The van der Waals surface area contributed by atoms with E-state index in [-0.39, 0.29) is 0 Å². The van der Waals surface area contributed by atoms with Crippen molar-refractivity contribution >= 4 is 5.97 Å². The molecule has 3 rings (SSSR count). The topological polar surface area (TPSA) is 50.2 Å². The maximum absolute atomic E-state index is 11.3. The number of aryl methyl sites for hydroxylation is 2. The molecule has 1 aliphatic rings. The van der Waals surface area contributed by atoms with Gasteiger partial charge in [-0.1, -0.05) is 18.2 Å². The first kappa shape index (κ1) is 14.8. The average Bonchev–Trinajstić information content (AvgIpc) is 2.53. The summed E-state index contributed by atoms with van der Waals surface area (Å²) < 4.78 is 0. The van der Waals surface area contributed by atoms with Gasteiger partial charge in [0.1, 0.15) is 0 Å². The molecule has 0 unspecified atom stereocenters. The first-order valence-corrected chi connectivity index (χ1v) is 7.91. The number of carboxylic acids is 1. The molecule has 1 aliphatic carbocycles. The van der Waals surface area contributed by atoms with Crippen molar-refractivity contribution < 1.29 is 9.90 Å². The molecule has 3 nitrogen and oxygen atoms in total. The van der Waals surface area contributed by atoms with Gasteiger partial charge in [-0.25, -0.2) is 4.79 Å². The van der Waals surface area contributed by atoms with Gasteiger partial charge >= 0.3 is 5.97 Å². The molecule has 3 heteroatoms. The van der Waals surface area contributed by atoms with Crippen LogP contribution in [0.5, 0.6) is 0 Å². The lowest BCUT2D eigenvalue weighted by atomic mass is 9.78. The van der Waals surface area contributed by atoms with Crippen LogP contribution in [0.1, 0.15) is 57.8 Å². The van der Waals surface area contributed by atoms with E-state index in [1.807, 2.05) is 0 Å². The van der Waals surface area contributed by atoms with Crippen LogP contribution in [0.15, 0.2) is 36.7 Å². The Morgan fingerprint density at radius 2 is 2.23 bits per heavy atom. The molecule has 1 heterocycles. The quantitative estimate of drug-likeness (QED) is 0.922. The van der Waals surface area contributed by atoms with Crippen LogP contribution in [0.2, 0.25) is 0 Å². The summed E-state index contributed by atoms with van der Waals surface area (Å²) in [6, 6.07) is 8.16. The zero-order valence-corrected chi connectivity index (χ0v) is 12.9. The van der Waals surface area contributed by atoms with Crippen molar-refractivity contribution in [3.05, 3.63) is 64.5 Å². The van der Waals surface area contributed by atoms with E-state index in [2.05, 4.69) is 30.1 Å².